The highest BCUT2D eigenvalue weighted by molar-refractivity contribution is 7.11. The molecule has 2 N–H and O–H groups in total. The van der Waals surface area contributed by atoms with E-state index in [2.05, 4.69) is 26.5 Å². The van der Waals surface area contributed by atoms with Gasteiger partial charge in [-0.1, -0.05) is 13.0 Å². The SMILES string of the molecule is CCCN(Cc1ccc(CN(C)CCOCCOCCOCCOCCOCCOCCOCCOCCOCCOCCC(=O)Oc2c(F)c(F)cc(F)c2F)nc1)C(=O)C1=Cc2sccc2N=C(N)C1. The van der Waals surface area contributed by atoms with Crippen LogP contribution in [0.25, 0.3) is 6.08 Å². The largest absolute Gasteiger partial charge is 0.420 e. The molecule has 0 bridgehead atoms. The molecule has 2 aromatic heterocycles. The monoisotopic (exact) mass is 1040 g/mol. The molecule has 0 saturated carbocycles. The van der Waals surface area contributed by atoms with Gasteiger partial charge < -0.3 is 62.7 Å². The van der Waals surface area contributed by atoms with Gasteiger partial charge in [-0.3, -0.25) is 19.5 Å². The molecule has 0 aliphatic carbocycles. The van der Waals surface area contributed by atoms with Gasteiger partial charge in [0.2, 0.25) is 17.4 Å². The van der Waals surface area contributed by atoms with Crippen LogP contribution in [0.4, 0.5) is 23.2 Å². The average Bonchev–Trinajstić information content (AvgIpc) is 3.73. The number of amides is 1. The van der Waals surface area contributed by atoms with Crippen LogP contribution in [0.15, 0.2) is 46.4 Å². The minimum absolute atomic E-state index is 0.0177. The van der Waals surface area contributed by atoms with Gasteiger partial charge >= 0.3 is 5.97 Å². The van der Waals surface area contributed by atoms with E-state index in [0.29, 0.717) is 150 Å². The predicted molar refractivity (Wildman–Crippen MR) is 259 cm³/mol. The van der Waals surface area contributed by atoms with Crippen molar-refractivity contribution in [3.63, 3.8) is 0 Å². The predicted octanol–water partition coefficient (Wildman–Crippen LogP) is 5.51. The lowest BCUT2D eigenvalue weighted by Gasteiger charge is -2.23. The topological polar surface area (TPSA) is 193 Å². The third kappa shape index (κ3) is 24.5. The molecule has 3 aromatic rings. The van der Waals surface area contributed by atoms with E-state index in [0.717, 1.165) is 34.8 Å². The van der Waals surface area contributed by atoms with Gasteiger partial charge in [0, 0.05) is 50.4 Å². The van der Waals surface area contributed by atoms with Gasteiger partial charge in [0.15, 0.2) is 11.6 Å². The maximum absolute atomic E-state index is 13.6. The van der Waals surface area contributed by atoms with E-state index in [9.17, 15) is 27.2 Å². The molecule has 0 radical (unpaired) electrons. The van der Waals surface area contributed by atoms with Crippen LogP contribution in [-0.4, -0.2) is 185 Å². The number of likely N-dealkylation sites (N-methyl/N-ethyl adjacent to an activating group) is 1. The van der Waals surface area contributed by atoms with Crippen LogP contribution >= 0.6 is 11.3 Å². The Morgan fingerprint density at radius 1 is 0.653 bits per heavy atom. The summed E-state index contributed by atoms with van der Waals surface area (Å²) in [6.07, 6.45) is 4.52. The lowest BCUT2D eigenvalue weighted by molar-refractivity contribution is -0.136. The first-order valence-corrected chi connectivity index (χ1v) is 24.8. The number of pyridine rings is 1. The molecule has 72 heavy (non-hydrogen) atoms. The molecule has 0 fully saturated rings. The number of aliphatic imine (C=N–C) groups is 1. The highest BCUT2D eigenvalue weighted by Gasteiger charge is 2.24. The smallest absolute Gasteiger partial charge is 0.313 e. The Labute approximate surface area is 422 Å². The number of hydrogen-bond donors (Lipinski definition) is 1. The maximum atomic E-state index is 13.6. The molecule has 4 rings (SSSR count). The molecule has 0 unspecified atom stereocenters. The summed E-state index contributed by atoms with van der Waals surface area (Å²) in [6.45, 7) is 12.0. The number of fused-ring (bicyclic) bond motifs is 1. The summed E-state index contributed by atoms with van der Waals surface area (Å²) in [4.78, 5) is 39.4. The molecule has 1 aliphatic heterocycles. The van der Waals surface area contributed by atoms with Crippen molar-refractivity contribution in [3.05, 3.63) is 80.8 Å². The number of hydrogen-bond acceptors (Lipinski definition) is 18. The van der Waals surface area contributed by atoms with Crippen LogP contribution in [-0.2, 0) is 70.0 Å². The van der Waals surface area contributed by atoms with Gasteiger partial charge in [-0.2, -0.15) is 8.78 Å². The zero-order valence-corrected chi connectivity index (χ0v) is 42.0. The molecule has 0 spiro atoms. The molecule has 0 saturated heterocycles. The zero-order chi connectivity index (χ0) is 51.6. The van der Waals surface area contributed by atoms with Gasteiger partial charge in [0.1, 0.15) is 5.84 Å². The number of carbonyl (C=O) groups excluding carboxylic acids is 2. The van der Waals surface area contributed by atoms with Crippen molar-refractivity contribution in [1.82, 2.24) is 14.8 Å². The molecule has 23 heteroatoms. The Kier molecular flexibility index (Phi) is 30.4. The number of amidine groups is 1. The summed E-state index contributed by atoms with van der Waals surface area (Å²) in [7, 11) is 2.02. The van der Waals surface area contributed by atoms with Crippen LogP contribution in [0.3, 0.4) is 0 Å². The van der Waals surface area contributed by atoms with Gasteiger partial charge in [-0.05, 0) is 42.6 Å². The van der Waals surface area contributed by atoms with Crippen molar-refractivity contribution < 1.29 is 79.3 Å². The number of thiophene rings is 1. The van der Waals surface area contributed by atoms with Crippen molar-refractivity contribution in [2.24, 2.45) is 10.7 Å². The van der Waals surface area contributed by atoms with E-state index in [1.807, 2.05) is 47.8 Å². The molecule has 3 heterocycles. The lowest BCUT2D eigenvalue weighted by atomic mass is 10.1. The first-order chi connectivity index (χ1) is 35.0. The van der Waals surface area contributed by atoms with Crippen molar-refractivity contribution in [2.45, 2.75) is 39.3 Å². The van der Waals surface area contributed by atoms with Crippen LogP contribution in [0.5, 0.6) is 5.75 Å². The number of carbonyl (C=O) groups is 2. The van der Waals surface area contributed by atoms with Gasteiger partial charge in [-0.25, -0.2) is 13.8 Å². The summed E-state index contributed by atoms with van der Waals surface area (Å²) in [5.74, 6) is -9.10. The Hall–Kier alpha value is -4.50. The molecule has 0 atom stereocenters. The minimum atomic E-state index is -1.80. The molecule has 1 aromatic carbocycles. The van der Waals surface area contributed by atoms with Gasteiger partial charge in [0.25, 0.3) is 5.91 Å². The Balaban J connectivity index is 0.833. The summed E-state index contributed by atoms with van der Waals surface area (Å²) in [5, 5.41) is 1.95. The summed E-state index contributed by atoms with van der Waals surface area (Å²) in [6, 6.07) is 5.97. The van der Waals surface area contributed by atoms with Gasteiger partial charge in [-0.15, -0.1) is 11.3 Å². The second-order valence-electron chi connectivity index (χ2n) is 15.9. The van der Waals surface area contributed by atoms with E-state index < -0.39 is 41.4 Å². The van der Waals surface area contributed by atoms with Crippen molar-refractivity contribution >= 4 is 40.8 Å². The zero-order valence-electron chi connectivity index (χ0n) is 41.2. The van der Waals surface area contributed by atoms with E-state index in [4.69, 9.17) is 53.1 Å². The van der Waals surface area contributed by atoms with E-state index in [1.54, 1.807) is 11.3 Å². The number of nitrogens with two attached hydrogens (primary N) is 1. The second kappa shape index (κ2) is 36.4. The van der Waals surface area contributed by atoms with Crippen molar-refractivity contribution in [1.29, 1.82) is 0 Å². The number of halogens is 4. The van der Waals surface area contributed by atoms with E-state index in [1.165, 1.54) is 0 Å². The summed E-state index contributed by atoms with van der Waals surface area (Å²) >= 11 is 1.55. The maximum Gasteiger partial charge on any atom is 0.313 e. The van der Waals surface area contributed by atoms with E-state index >= 15 is 0 Å². The first kappa shape index (κ1) is 60.1. The fraction of sp³-hybridized carbons (Fsp3) is 0.592. The standard InChI is InChI=1S/C49H69F4N5O13S/c1-3-8-58(49(60)38-31-43-42(7-30-72-43)56-44(54)32-38)35-37-4-5-39(55-34-37)36-57(2)9-11-62-13-15-64-17-19-66-21-23-68-25-27-70-29-28-69-26-24-67-22-20-65-18-16-63-14-12-61-10-6-45(59)71-48-46(52)40(50)33-41(51)47(48)53/h4-5,7,30-31,33-34H,3,6,8-29,32,35-36H2,1-2H3,(H2,54,56). The van der Waals surface area contributed by atoms with Crippen molar-refractivity contribution in [2.75, 3.05) is 152 Å². The number of aromatic nitrogens is 1. The first-order valence-electron chi connectivity index (χ1n) is 23.9. The molecule has 1 aliphatic rings. The highest BCUT2D eigenvalue weighted by Crippen LogP contribution is 2.32. The number of ether oxygens (including phenoxy) is 11. The van der Waals surface area contributed by atoms with Crippen LogP contribution in [0, 0.1) is 23.3 Å². The number of benzene rings is 1. The average molecular weight is 1040 g/mol. The molecular weight excluding hydrogens is 975 g/mol. The third-order valence-electron chi connectivity index (χ3n) is 10.1. The fourth-order valence-electron chi connectivity index (χ4n) is 6.46. The highest BCUT2D eigenvalue weighted by atomic mass is 32.1. The Bertz CT molecular complexity index is 2040. The normalized spacial score (nSPS) is 12.5. The van der Waals surface area contributed by atoms with E-state index in [-0.39, 0.29) is 31.8 Å². The summed E-state index contributed by atoms with van der Waals surface area (Å²) in [5.41, 5.74) is 9.49. The summed E-state index contributed by atoms with van der Waals surface area (Å²) < 4.78 is 113. The lowest BCUT2D eigenvalue weighted by Crippen LogP contribution is -2.33. The minimum Gasteiger partial charge on any atom is -0.420 e. The van der Waals surface area contributed by atoms with Crippen LogP contribution < -0.4 is 10.5 Å². The molecule has 402 valence electrons. The molecule has 18 nitrogen and oxygen atoms in total. The van der Waals surface area contributed by atoms with Crippen LogP contribution in [0.1, 0.15) is 42.3 Å². The fourth-order valence-corrected chi connectivity index (χ4v) is 7.25. The Morgan fingerprint density at radius 3 is 1.61 bits per heavy atom. The Morgan fingerprint density at radius 2 is 1.14 bits per heavy atom. The van der Waals surface area contributed by atoms with Crippen LogP contribution in [0.2, 0.25) is 0 Å². The third-order valence-corrected chi connectivity index (χ3v) is 10.9. The van der Waals surface area contributed by atoms with Crippen molar-refractivity contribution in [3.8, 4) is 5.75 Å². The van der Waals surface area contributed by atoms with Gasteiger partial charge in [0.05, 0.1) is 155 Å². The number of nitrogens with zero attached hydrogens (tertiary/aromatic N) is 4. The quantitative estimate of drug-likeness (QED) is 0.0246. The molecule has 1 amide bonds. The number of rotatable bonds is 41. The second-order valence-corrected chi connectivity index (χ2v) is 16.8. The number of esters is 1. The molecular formula is C49H69F4N5O13S.